The van der Waals surface area contributed by atoms with Crippen molar-refractivity contribution in [3.8, 4) is 0 Å². The molecule has 1 fully saturated rings. The summed E-state index contributed by atoms with van der Waals surface area (Å²) in [6, 6.07) is 0.114. The molecule has 3 heteroatoms. The van der Waals surface area contributed by atoms with Crippen molar-refractivity contribution < 1.29 is 4.21 Å². The highest BCUT2D eigenvalue weighted by atomic mass is 32.2. The smallest absolute Gasteiger partial charge is 0.0504 e. The van der Waals surface area contributed by atoms with Gasteiger partial charge in [0.2, 0.25) is 0 Å². The summed E-state index contributed by atoms with van der Waals surface area (Å²) in [7, 11) is -0.708. The van der Waals surface area contributed by atoms with Gasteiger partial charge in [-0.3, -0.25) is 4.21 Å². The molecular formula is C11H23NOS. The quantitative estimate of drug-likeness (QED) is 0.786. The Morgan fingerprint density at radius 2 is 2.14 bits per heavy atom. The van der Waals surface area contributed by atoms with E-state index in [1.165, 1.54) is 12.8 Å². The Morgan fingerprint density at radius 3 is 2.71 bits per heavy atom. The summed E-state index contributed by atoms with van der Waals surface area (Å²) in [6.45, 7) is 6.48. The van der Waals surface area contributed by atoms with E-state index in [4.69, 9.17) is 5.73 Å². The molecular weight excluding hydrogens is 194 g/mol. The van der Waals surface area contributed by atoms with Crippen molar-refractivity contribution in [2.24, 2.45) is 11.1 Å². The molecule has 0 aliphatic heterocycles. The van der Waals surface area contributed by atoms with Crippen LogP contribution in [0.3, 0.4) is 0 Å². The Labute approximate surface area is 90.1 Å². The van der Waals surface area contributed by atoms with Crippen LogP contribution in [-0.4, -0.2) is 21.3 Å². The Hall–Kier alpha value is 0.110. The first-order valence-corrected chi connectivity index (χ1v) is 7.00. The number of nitrogens with two attached hydrogens (primary N) is 1. The van der Waals surface area contributed by atoms with Crippen molar-refractivity contribution in [3.63, 3.8) is 0 Å². The maximum Gasteiger partial charge on any atom is 0.0504 e. The molecule has 0 radical (unpaired) electrons. The number of hydrogen-bond donors (Lipinski definition) is 1. The number of hydrogen-bond acceptors (Lipinski definition) is 2. The molecule has 0 spiro atoms. The van der Waals surface area contributed by atoms with E-state index in [1.54, 1.807) is 0 Å². The minimum absolute atomic E-state index is 0.114. The van der Waals surface area contributed by atoms with Gasteiger partial charge in [0.25, 0.3) is 0 Å². The summed E-state index contributed by atoms with van der Waals surface area (Å²) in [5.41, 5.74) is 6.37. The van der Waals surface area contributed by atoms with Gasteiger partial charge in [-0.1, -0.05) is 27.2 Å². The molecule has 0 aromatic carbocycles. The van der Waals surface area contributed by atoms with Crippen LogP contribution in [0, 0.1) is 5.41 Å². The van der Waals surface area contributed by atoms with Crippen molar-refractivity contribution in [3.05, 3.63) is 0 Å². The lowest BCUT2D eigenvalue weighted by atomic mass is 9.73. The second-order valence-corrected chi connectivity index (χ2v) is 6.81. The fourth-order valence-corrected chi connectivity index (χ4v) is 4.09. The lowest BCUT2D eigenvalue weighted by Crippen LogP contribution is -2.51. The molecule has 3 unspecified atom stereocenters. The van der Waals surface area contributed by atoms with Gasteiger partial charge in [0.05, 0.1) is 5.25 Å². The van der Waals surface area contributed by atoms with E-state index >= 15 is 0 Å². The largest absolute Gasteiger partial charge is 0.326 e. The molecule has 0 amide bonds. The molecule has 2 nitrogen and oxygen atoms in total. The lowest BCUT2D eigenvalue weighted by molar-refractivity contribution is 0.206. The van der Waals surface area contributed by atoms with Gasteiger partial charge in [-0.15, -0.1) is 0 Å². The van der Waals surface area contributed by atoms with Gasteiger partial charge in [0, 0.05) is 22.6 Å². The van der Waals surface area contributed by atoms with Crippen LogP contribution in [0.25, 0.3) is 0 Å². The van der Waals surface area contributed by atoms with Crippen LogP contribution in [0.4, 0.5) is 0 Å². The summed E-state index contributed by atoms with van der Waals surface area (Å²) in [5.74, 6) is 0.814. The predicted octanol–water partition coefficient (Wildman–Crippen LogP) is 2.05. The highest BCUT2D eigenvalue weighted by Gasteiger charge is 2.38. The predicted molar refractivity (Wildman–Crippen MR) is 62.7 cm³/mol. The molecule has 1 rings (SSSR count). The molecule has 1 aliphatic rings. The highest BCUT2D eigenvalue weighted by molar-refractivity contribution is 7.85. The van der Waals surface area contributed by atoms with Gasteiger partial charge in [0.1, 0.15) is 0 Å². The monoisotopic (exact) mass is 217 g/mol. The summed E-state index contributed by atoms with van der Waals surface area (Å²) >= 11 is 0. The molecule has 0 heterocycles. The molecule has 0 bridgehead atoms. The summed E-state index contributed by atoms with van der Waals surface area (Å²) in [6.07, 6.45) is 4.41. The zero-order chi connectivity index (χ0) is 10.8. The Kier molecular flexibility index (Phi) is 4.14. The Morgan fingerprint density at radius 1 is 1.50 bits per heavy atom. The van der Waals surface area contributed by atoms with E-state index in [1.807, 2.05) is 0 Å². The molecule has 1 aliphatic carbocycles. The lowest BCUT2D eigenvalue weighted by Gasteiger charge is -2.41. The molecule has 0 aromatic heterocycles. The van der Waals surface area contributed by atoms with Crippen LogP contribution in [0.15, 0.2) is 0 Å². The normalized spacial score (nSPS) is 34.0. The second-order valence-electron chi connectivity index (χ2n) is 5.03. The molecule has 14 heavy (non-hydrogen) atoms. The third-order valence-electron chi connectivity index (χ3n) is 3.36. The fraction of sp³-hybridized carbons (Fsp3) is 1.00. The Bertz CT molecular complexity index is 215. The third kappa shape index (κ3) is 2.57. The van der Waals surface area contributed by atoms with Crippen LogP contribution < -0.4 is 5.73 Å². The van der Waals surface area contributed by atoms with E-state index in [0.29, 0.717) is 0 Å². The van der Waals surface area contributed by atoms with Crippen molar-refractivity contribution in [1.82, 2.24) is 0 Å². The molecule has 3 atom stereocenters. The van der Waals surface area contributed by atoms with Crippen molar-refractivity contribution in [1.29, 1.82) is 0 Å². The van der Waals surface area contributed by atoms with E-state index in [9.17, 15) is 4.21 Å². The minimum Gasteiger partial charge on any atom is -0.326 e. The Balaban J connectivity index is 2.65. The highest BCUT2D eigenvalue weighted by Crippen LogP contribution is 2.36. The van der Waals surface area contributed by atoms with Crippen LogP contribution in [0.1, 0.15) is 46.5 Å². The van der Waals surface area contributed by atoms with E-state index in [-0.39, 0.29) is 16.7 Å². The van der Waals surface area contributed by atoms with Gasteiger partial charge < -0.3 is 5.73 Å². The first-order valence-electron chi connectivity index (χ1n) is 5.62. The zero-order valence-corrected chi connectivity index (χ0v) is 10.4. The van der Waals surface area contributed by atoms with Crippen molar-refractivity contribution in [2.75, 3.05) is 5.75 Å². The summed E-state index contributed by atoms with van der Waals surface area (Å²) < 4.78 is 11.9. The van der Waals surface area contributed by atoms with Gasteiger partial charge >= 0.3 is 0 Å². The first kappa shape index (κ1) is 12.2. The molecule has 0 saturated heterocycles. The maximum absolute atomic E-state index is 11.9. The van der Waals surface area contributed by atoms with Crippen molar-refractivity contribution >= 4 is 10.8 Å². The summed E-state index contributed by atoms with van der Waals surface area (Å²) in [4.78, 5) is 0. The minimum atomic E-state index is -0.708. The van der Waals surface area contributed by atoms with Crippen molar-refractivity contribution in [2.45, 2.75) is 57.7 Å². The van der Waals surface area contributed by atoms with Gasteiger partial charge in [-0.2, -0.15) is 0 Å². The van der Waals surface area contributed by atoms with E-state index < -0.39 is 10.8 Å². The third-order valence-corrected chi connectivity index (χ3v) is 5.37. The standard InChI is InChI=1S/C11H23NOS/c1-4-8-14(13)9-6-5-7-11(2,3)10(9)12/h9-10H,4-8,12H2,1-3H3. The van der Waals surface area contributed by atoms with E-state index in [2.05, 4.69) is 20.8 Å². The number of rotatable bonds is 3. The topological polar surface area (TPSA) is 43.1 Å². The maximum atomic E-state index is 11.9. The average molecular weight is 217 g/mol. The summed E-state index contributed by atoms with van der Waals surface area (Å²) in [5, 5.41) is 0.235. The van der Waals surface area contributed by atoms with Crippen LogP contribution >= 0.6 is 0 Å². The van der Waals surface area contributed by atoms with E-state index in [0.717, 1.165) is 18.6 Å². The molecule has 84 valence electrons. The average Bonchev–Trinajstić information content (AvgIpc) is 2.10. The van der Waals surface area contributed by atoms with Gasteiger partial charge in [0.15, 0.2) is 0 Å². The molecule has 0 aromatic rings. The molecule has 2 N–H and O–H groups in total. The van der Waals surface area contributed by atoms with Gasteiger partial charge in [-0.05, 0) is 24.7 Å². The zero-order valence-electron chi connectivity index (χ0n) is 9.58. The second kappa shape index (κ2) is 4.75. The van der Waals surface area contributed by atoms with Crippen LogP contribution in [0.2, 0.25) is 0 Å². The molecule has 1 saturated carbocycles. The SMILES string of the molecule is CCCS(=O)C1CCCC(C)(C)C1N. The fourth-order valence-electron chi connectivity index (χ4n) is 2.26. The van der Waals surface area contributed by atoms with Crippen LogP contribution in [0.5, 0.6) is 0 Å². The van der Waals surface area contributed by atoms with Gasteiger partial charge in [-0.25, -0.2) is 0 Å². The van der Waals surface area contributed by atoms with Crippen LogP contribution in [-0.2, 0) is 10.8 Å². The first-order chi connectivity index (χ1) is 6.49.